The number of anilines is 1. The van der Waals surface area contributed by atoms with Crippen LogP contribution in [-0.2, 0) is 11.2 Å². The first-order valence-corrected chi connectivity index (χ1v) is 13.3. The molecule has 0 aliphatic heterocycles. The van der Waals surface area contributed by atoms with Crippen LogP contribution in [0.5, 0.6) is 0 Å². The Labute approximate surface area is 243 Å². The van der Waals surface area contributed by atoms with Crippen LogP contribution in [0.15, 0.2) is 42.6 Å². The molecule has 3 N–H and O–H groups in total. The molecule has 4 rings (SSSR count). The Bertz CT molecular complexity index is 1690. The van der Waals surface area contributed by atoms with Gasteiger partial charge in [-0.15, -0.1) is 0 Å². The molecule has 2 heterocycles. The van der Waals surface area contributed by atoms with Gasteiger partial charge in [0.2, 0.25) is 0 Å². The standard InChI is InChI=1S/C30H28F5N5O3/c1-5-24(30(33,34)35)39-18-12-21(31)25(22(32)13-18)28(41)40-23(29(42)43)11-17-8-9-20(27-19(17)7-6-10-36-27)26-14(2)15(3)37-16(4)38-26/h6-10,12-13,23-24,39H,5,11H2,1-4H3,(H,40,41)(H,42,43)/t23-,24+/m0/s1. The van der Waals surface area contributed by atoms with Gasteiger partial charge in [0, 0.05) is 34.9 Å². The van der Waals surface area contributed by atoms with Crippen LogP contribution in [0, 0.1) is 32.4 Å². The highest BCUT2D eigenvalue weighted by Crippen LogP contribution is 2.32. The van der Waals surface area contributed by atoms with Crippen LogP contribution in [-0.4, -0.2) is 50.2 Å². The van der Waals surface area contributed by atoms with Gasteiger partial charge in [-0.2, -0.15) is 13.2 Å². The van der Waals surface area contributed by atoms with Crippen molar-refractivity contribution in [2.24, 2.45) is 0 Å². The van der Waals surface area contributed by atoms with Crippen molar-refractivity contribution >= 4 is 28.5 Å². The molecular formula is C30H28F5N5O3. The van der Waals surface area contributed by atoms with Crippen LogP contribution >= 0.6 is 0 Å². The van der Waals surface area contributed by atoms with Crippen LogP contribution in [0.4, 0.5) is 27.6 Å². The molecule has 0 fully saturated rings. The largest absolute Gasteiger partial charge is 0.480 e. The second-order valence-electron chi connectivity index (χ2n) is 10.0. The highest BCUT2D eigenvalue weighted by molar-refractivity contribution is 5.98. The minimum absolute atomic E-state index is 0.267. The molecule has 0 aliphatic carbocycles. The van der Waals surface area contributed by atoms with Crippen molar-refractivity contribution in [3.8, 4) is 11.3 Å². The predicted molar refractivity (Wildman–Crippen MR) is 150 cm³/mol. The van der Waals surface area contributed by atoms with Gasteiger partial charge in [0.05, 0.1) is 11.2 Å². The van der Waals surface area contributed by atoms with E-state index < -0.39 is 59.4 Å². The third kappa shape index (κ3) is 6.71. The van der Waals surface area contributed by atoms with E-state index in [1.165, 1.54) is 6.92 Å². The molecule has 43 heavy (non-hydrogen) atoms. The fourth-order valence-corrected chi connectivity index (χ4v) is 4.77. The first-order valence-electron chi connectivity index (χ1n) is 13.3. The SMILES string of the molecule is CC[C@@H](Nc1cc(F)c(C(=O)N[C@@H](Cc2ccc(-c3nc(C)nc(C)c3C)c3ncccc23)C(=O)O)c(F)c1)C(F)(F)F. The second-order valence-corrected chi connectivity index (χ2v) is 10.0. The number of rotatable bonds is 9. The Morgan fingerprint density at radius 2 is 1.70 bits per heavy atom. The smallest absolute Gasteiger partial charge is 0.408 e. The van der Waals surface area contributed by atoms with E-state index in [0.29, 0.717) is 45.7 Å². The zero-order valence-corrected chi connectivity index (χ0v) is 23.6. The third-order valence-electron chi connectivity index (χ3n) is 7.06. The molecule has 2 aromatic heterocycles. The first-order chi connectivity index (χ1) is 20.2. The van der Waals surface area contributed by atoms with Crippen molar-refractivity contribution in [2.75, 3.05) is 5.32 Å². The summed E-state index contributed by atoms with van der Waals surface area (Å²) in [6.07, 6.45) is -3.77. The molecule has 1 amide bonds. The number of pyridine rings is 1. The average molecular weight is 602 g/mol. The number of aliphatic carboxylic acids is 1. The van der Waals surface area contributed by atoms with Gasteiger partial charge in [0.1, 0.15) is 35.1 Å². The summed E-state index contributed by atoms with van der Waals surface area (Å²) < 4.78 is 68.9. The Morgan fingerprint density at radius 3 is 2.30 bits per heavy atom. The van der Waals surface area contributed by atoms with Crippen molar-refractivity contribution in [3.05, 3.63) is 82.4 Å². The number of benzene rings is 2. The van der Waals surface area contributed by atoms with Crippen molar-refractivity contribution in [3.63, 3.8) is 0 Å². The van der Waals surface area contributed by atoms with Gasteiger partial charge in [-0.25, -0.2) is 23.5 Å². The monoisotopic (exact) mass is 601 g/mol. The summed E-state index contributed by atoms with van der Waals surface area (Å²) in [6.45, 7) is 6.75. The number of hydrogen-bond acceptors (Lipinski definition) is 6. The van der Waals surface area contributed by atoms with E-state index in [2.05, 4.69) is 20.3 Å². The molecule has 0 aliphatic rings. The molecule has 226 valence electrons. The average Bonchev–Trinajstić information content (AvgIpc) is 2.92. The molecule has 0 saturated carbocycles. The number of carboxylic acid groups (broad SMARTS) is 1. The topological polar surface area (TPSA) is 117 Å². The Hall–Kier alpha value is -4.68. The molecule has 2 aromatic carbocycles. The summed E-state index contributed by atoms with van der Waals surface area (Å²) in [5, 5.41) is 14.6. The maximum atomic E-state index is 14.8. The number of carbonyl (C=O) groups is 2. The molecule has 0 radical (unpaired) electrons. The summed E-state index contributed by atoms with van der Waals surface area (Å²) in [6, 6.07) is 4.22. The van der Waals surface area contributed by atoms with Crippen molar-refractivity contribution < 1.29 is 36.6 Å². The Balaban J connectivity index is 1.63. The number of alkyl halides is 3. The van der Waals surface area contributed by atoms with Gasteiger partial charge >= 0.3 is 12.1 Å². The number of fused-ring (bicyclic) bond motifs is 1. The van der Waals surface area contributed by atoms with E-state index in [4.69, 9.17) is 0 Å². The molecule has 0 bridgehead atoms. The molecule has 13 heteroatoms. The summed E-state index contributed by atoms with van der Waals surface area (Å²) in [5.41, 5.74) is 2.35. The van der Waals surface area contributed by atoms with E-state index in [1.54, 1.807) is 37.4 Å². The summed E-state index contributed by atoms with van der Waals surface area (Å²) in [7, 11) is 0. The quantitative estimate of drug-likeness (QED) is 0.199. The lowest BCUT2D eigenvalue weighted by molar-refractivity contribution is -0.143. The zero-order valence-electron chi connectivity index (χ0n) is 23.6. The van der Waals surface area contributed by atoms with Crippen LogP contribution < -0.4 is 10.6 Å². The van der Waals surface area contributed by atoms with Crippen LogP contribution in [0.1, 0.15) is 46.3 Å². The number of halogens is 5. The van der Waals surface area contributed by atoms with E-state index in [1.807, 2.05) is 19.2 Å². The van der Waals surface area contributed by atoms with Crippen LogP contribution in [0.3, 0.4) is 0 Å². The third-order valence-corrected chi connectivity index (χ3v) is 7.06. The second kappa shape index (κ2) is 12.3. The minimum Gasteiger partial charge on any atom is -0.480 e. The molecule has 0 unspecified atom stereocenters. The highest BCUT2D eigenvalue weighted by atomic mass is 19.4. The lowest BCUT2D eigenvalue weighted by Gasteiger charge is -2.22. The zero-order chi connectivity index (χ0) is 31.6. The molecule has 0 saturated heterocycles. The molecule has 2 atom stereocenters. The molecule has 8 nitrogen and oxygen atoms in total. The van der Waals surface area contributed by atoms with E-state index >= 15 is 0 Å². The summed E-state index contributed by atoms with van der Waals surface area (Å²) in [5.74, 6) is -5.19. The number of carbonyl (C=O) groups excluding carboxylic acids is 1. The van der Waals surface area contributed by atoms with Crippen molar-refractivity contribution in [1.82, 2.24) is 20.3 Å². The van der Waals surface area contributed by atoms with E-state index in [9.17, 15) is 36.6 Å². The van der Waals surface area contributed by atoms with Gasteiger partial charge in [-0.3, -0.25) is 9.78 Å². The van der Waals surface area contributed by atoms with Crippen molar-refractivity contribution in [1.29, 1.82) is 0 Å². The number of hydrogen-bond donors (Lipinski definition) is 3. The number of amides is 1. The number of nitrogens with zero attached hydrogens (tertiary/aromatic N) is 3. The normalized spacial score (nSPS) is 13.0. The van der Waals surface area contributed by atoms with Crippen LogP contribution in [0.25, 0.3) is 22.2 Å². The Morgan fingerprint density at radius 1 is 1.02 bits per heavy atom. The number of nitrogens with one attached hydrogen (secondary N) is 2. The number of carboxylic acids is 1. The molecule has 0 spiro atoms. The fraction of sp³-hybridized carbons (Fsp3) is 0.300. The lowest BCUT2D eigenvalue weighted by atomic mass is 9.95. The molecule has 4 aromatic rings. The first kappa shape index (κ1) is 31.3. The Kier molecular flexibility index (Phi) is 8.93. The van der Waals surface area contributed by atoms with Gasteiger partial charge in [0.25, 0.3) is 5.91 Å². The minimum atomic E-state index is -4.67. The van der Waals surface area contributed by atoms with E-state index in [-0.39, 0.29) is 6.42 Å². The number of aryl methyl sites for hydroxylation is 2. The lowest BCUT2D eigenvalue weighted by Crippen LogP contribution is -2.43. The van der Waals surface area contributed by atoms with Gasteiger partial charge < -0.3 is 15.7 Å². The van der Waals surface area contributed by atoms with Gasteiger partial charge in [0.15, 0.2) is 0 Å². The van der Waals surface area contributed by atoms with Crippen LogP contribution in [0.2, 0.25) is 0 Å². The number of aromatic nitrogens is 3. The maximum absolute atomic E-state index is 14.8. The summed E-state index contributed by atoms with van der Waals surface area (Å²) >= 11 is 0. The van der Waals surface area contributed by atoms with Gasteiger partial charge in [-0.1, -0.05) is 25.1 Å². The van der Waals surface area contributed by atoms with E-state index in [0.717, 1.165) is 11.3 Å². The predicted octanol–water partition coefficient (Wildman–Crippen LogP) is 6.07. The van der Waals surface area contributed by atoms with Crippen molar-refractivity contribution in [2.45, 2.75) is 58.8 Å². The maximum Gasteiger partial charge on any atom is 0.408 e. The summed E-state index contributed by atoms with van der Waals surface area (Å²) in [4.78, 5) is 38.4. The fourth-order valence-electron chi connectivity index (χ4n) is 4.77. The highest BCUT2D eigenvalue weighted by Gasteiger charge is 2.38. The molecular weight excluding hydrogens is 573 g/mol. The van der Waals surface area contributed by atoms with Gasteiger partial charge in [-0.05, 0) is 56.5 Å².